The van der Waals surface area contributed by atoms with Gasteiger partial charge in [-0.05, 0) is 56.3 Å². The Balaban J connectivity index is 2.00. The third-order valence-corrected chi connectivity index (χ3v) is 5.16. The summed E-state index contributed by atoms with van der Waals surface area (Å²) in [5.41, 5.74) is 15.4. The molecule has 0 aliphatic carbocycles. The van der Waals surface area contributed by atoms with Gasteiger partial charge in [-0.25, -0.2) is 9.37 Å². The summed E-state index contributed by atoms with van der Waals surface area (Å²) in [6.45, 7) is 1.81. The second-order valence-electron chi connectivity index (χ2n) is 6.92. The monoisotopic (exact) mass is 416 g/mol. The van der Waals surface area contributed by atoms with Gasteiger partial charge in [0, 0.05) is 52.9 Å². The Hall–Kier alpha value is -2.77. The highest BCUT2D eigenvalue weighted by Crippen LogP contribution is 2.26. The van der Waals surface area contributed by atoms with E-state index in [0.29, 0.717) is 22.2 Å². The number of rotatable bonds is 6. The van der Waals surface area contributed by atoms with Crippen molar-refractivity contribution < 1.29 is 4.39 Å². The Kier molecular flexibility index (Phi) is 6.95. The molecule has 0 atom stereocenters. The Bertz CT molecular complexity index is 921. The first kappa shape index (κ1) is 21.0. The number of hydrogen-bond donors (Lipinski definition) is 5. The van der Waals surface area contributed by atoms with Crippen LogP contribution in [0.4, 0.5) is 15.9 Å². The molecular weight excluding hydrogens is 391 g/mol. The van der Waals surface area contributed by atoms with Crippen LogP contribution in [0, 0.1) is 11.7 Å². The summed E-state index contributed by atoms with van der Waals surface area (Å²) >= 11 is 6.02. The average molecular weight is 417 g/mol. The molecule has 3 rings (SSSR count). The lowest BCUT2D eigenvalue weighted by Crippen LogP contribution is -2.31. The van der Waals surface area contributed by atoms with Gasteiger partial charge in [-0.1, -0.05) is 11.6 Å². The fraction of sp³-hybridized carbons (Fsp3) is 0.286. The van der Waals surface area contributed by atoms with Crippen LogP contribution < -0.4 is 27.4 Å². The number of benzene rings is 1. The maximum absolute atomic E-state index is 14.3. The number of hydrogen-bond acceptors (Lipinski definition) is 6. The van der Waals surface area contributed by atoms with Crippen LogP contribution in [0.1, 0.15) is 18.4 Å². The Morgan fingerprint density at radius 1 is 1.24 bits per heavy atom. The van der Waals surface area contributed by atoms with Crippen molar-refractivity contribution in [1.29, 1.82) is 0 Å². The number of aromatic nitrogens is 1. The predicted octanol–water partition coefficient (Wildman–Crippen LogP) is 3.50. The molecule has 1 aliphatic rings. The van der Waals surface area contributed by atoms with Gasteiger partial charge in [-0.3, -0.25) is 0 Å². The minimum atomic E-state index is -0.440. The summed E-state index contributed by atoms with van der Waals surface area (Å²) in [6, 6.07) is 7.99. The second-order valence-corrected chi connectivity index (χ2v) is 7.36. The molecule has 0 bridgehead atoms. The SMILES string of the molecule is CNc1cc(NC(/C=C(\N)c2cc(Cl)ccc2F)=C(/N)C2CCNCC2)ccn1. The van der Waals surface area contributed by atoms with E-state index in [1.807, 2.05) is 12.1 Å². The van der Waals surface area contributed by atoms with Crippen molar-refractivity contribution in [3.63, 3.8) is 0 Å². The molecule has 0 spiro atoms. The molecular formula is C21H26ClFN6. The van der Waals surface area contributed by atoms with E-state index in [9.17, 15) is 4.39 Å². The molecule has 1 aromatic heterocycles. The zero-order valence-corrected chi connectivity index (χ0v) is 17.1. The van der Waals surface area contributed by atoms with Crippen molar-refractivity contribution in [1.82, 2.24) is 10.3 Å². The molecule has 0 saturated carbocycles. The smallest absolute Gasteiger partial charge is 0.132 e. The molecule has 6 nitrogen and oxygen atoms in total. The summed E-state index contributed by atoms with van der Waals surface area (Å²) in [5.74, 6) is 0.481. The normalized spacial score (nSPS) is 16.3. The average Bonchev–Trinajstić information content (AvgIpc) is 2.75. The van der Waals surface area contributed by atoms with Crippen molar-refractivity contribution >= 4 is 28.8 Å². The number of nitrogens with zero attached hydrogens (tertiary/aromatic N) is 1. The first-order chi connectivity index (χ1) is 14.0. The Morgan fingerprint density at radius 2 is 2.00 bits per heavy atom. The van der Waals surface area contributed by atoms with Crippen LogP contribution in [0.2, 0.25) is 5.02 Å². The fourth-order valence-corrected chi connectivity index (χ4v) is 3.47. The maximum atomic E-state index is 14.3. The summed E-state index contributed by atoms with van der Waals surface area (Å²) in [6.07, 6.45) is 5.21. The van der Waals surface area contributed by atoms with Gasteiger partial charge >= 0.3 is 0 Å². The number of nitrogens with two attached hydrogens (primary N) is 2. The zero-order valence-electron chi connectivity index (χ0n) is 16.3. The molecule has 2 aromatic rings. The van der Waals surface area contributed by atoms with E-state index in [-0.39, 0.29) is 17.2 Å². The van der Waals surface area contributed by atoms with E-state index >= 15 is 0 Å². The second kappa shape index (κ2) is 9.62. The zero-order chi connectivity index (χ0) is 20.8. The molecule has 1 aromatic carbocycles. The highest BCUT2D eigenvalue weighted by Gasteiger charge is 2.19. The van der Waals surface area contributed by atoms with E-state index in [4.69, 9.17) is 23.1 Å². The lowest BCUT2D eigenvalue weighted by molar-refractivity contribution is 0.415. The summed E-state index contributed by atoms with van der Waals surface area (Å²) in [5, 5.41) is 10.1. The number of anilines is 2. The highest BCUT2D eigenvalue weighted by atomic mass is 35.5. The molecule has 0 radical (unpaired) electrons. The van der Waals surface area contributed by atoms with Crippen LogP contribution >= 0.6 is 11.6 Å². The third-order valence-electron chi connectivity index (χ3n) is 4.92. The van der Waals surface area contributed by atoms with Gasteiger partial charge in [0.1, 0.15) is 11.6 Å². The van der Waals surface area contributed by atoms with E-state index in [2.05, 4.69) is 20.9 Å². The molecule has 1 aliphatic heterocycles. The molecule has 154 valence electrons. The minimum Gasteiger partial charge on any atom is -0.400 e. The molecule has 1 fully saturated rings. The number of nitrogens with one attached hydrogen (secondary N) is 3. The maximum Gasteiger partial charge on any atom is 0.132 e. The minimum absolute atomic E-state index is 0.206. The number of allylic oxidation sites excluding steroid dienone is 2. The lowest BCUT2D eigenvalue weighted by atomic mass is 9.93. The van der Waals surface area contributed by atoms with Gasteiger partial charge < -0.3 is 27.4 Å². The van der Waals surface area contributed by atoms with Crippen LogP contribution in [0.15, 0.2) is 54.0 Å². The topological polar surface area (TPSA) is 101 Å². The highest BCUT2D eigenvalue weighted by molar-refractivity contribution is 6.30. The predicted molar refractivity (Wildman–Crippen MR) is 118 cm³/mol. The number of pyridine rings is 1. The van der Waals surface area contributed by atoms with Crippen LogP contribution in [0.5, 0.6) is 0 Å². The van der Waals surface area contributed by atoms with E-state index in [0.717, 1.165) is 31.6 Å². The van der Waals surface area contributed by atoms with E-state index < -0.39 is 5.82 Å². The van der Waals surface area contributed by atoms with Gasteiger partial charge in [0.2, 0.25) is 0 Å². The van der Waals surface area contributed by atoms with Crippen molar-refractivity contribution in [2.45, 2.75) is 12.8 Å². The lowest BCUT2D eigenvalue weighted by Gasteiger charge is -2.25. The molecule has 7 N–H and O–H groups in total. The van der Waals surface area contributed by atoms with Crippen LogP contribution in [-0.2, 0) is 0 Å². The molecule has 1 saturated heterocycles. The van der Waals surface area contributed by atoms with E-state index in [1.165, 1.54) is 18.2 Å². The fourth-order valence-electron chi connectivity index (χ4n) is 3.30. The number of halogens is 2. The van der Waals surface area contributed by atoms with Gasteiger partial charge in [0.15, 0.2) is 0 Å². The van der Waals surface area contributed by atoms with Gasteiger partial charge in [-0.15, -0.1) is 0 Å². The van der Waals surface area contributed by atoms with Crippen molar-refractivity contribution in [2.75, 3.05) is 30.8 Å². The van der Waals surface area contributed by atoms with Gasteiger partial charge in [0.25, 0.3) is 0 Å². The van der Waals surface area contributed by atoms with Crippen LogP contribution in [0.3, 0.4) is 0 Å². The van der Waals surface area contributed by atoms with Gasteiger partial charge in [0.05, 0.1) is 5.70 Å². The van der Waals surface area contributed by atoms with Crippen molar-refractivity contribution in [3.05, 3.63) is 70.4 Å². The first-order valence-electron chi connectivity index (χ1n) is 9.51. The van der Waals surface area contributed by atoms with Crippen LogP contribution in [0.25, 0.3) is 5.70 Å². The summed E-state index contributed by atoms with van der Waals surface area (Å²) < 4.78 is 14.3. The largest absolute Gasteiger partial charge is 0.400 e. The Morgan fingerprint density at radius 3 is 2.72 bits per heavy atom. The standard InChI is InChI=1S/C21H26ClFN6/c1-26-20-11-15(6-9-28-20)29-19(21(25)13-4-7-27-8-5-13)12-18(24)16-10-14(22)2-3-17(16)23/h2-3,6,9-13,27H,4-5,7-8,24-25H2,1H3,(H2,26,28,29)/b18-12-,21-19+. The summed E-state index contributed by atoms with van der Waals surface area (Å²) in [7, 11) is 1.80. The third kappa shape index (κ3) is 5.40. The Labute approximate surface area is 175 Å². The first-order valence-corrected chi connectivity index (χ1v) is 9.89. The quantitative estimate of drug-likeness (QED) is 0.462. The van der Waals surface area contributed by atoms with Crippen LogP contribution in [-0.4, -0.2) is 25.1 Å². The van der Waals surface area contributed by atoms with Crippen molar-refractivity contribution in [3.8, 4) is 0 Å². The molecule has 0 amide bonds. The summed E-state index contributed by atoms with van der Waals surface area (Å²) in [4.78, 5) is 4.22. The van der Waals surface area contributed by atoms with Crippen molar-refractivity contribution in [2.24, 2.45) is 17.4 Å². The molecule has 29 heavy (non-hydrogen) atoms. The number of piperidine rings is 1. The molecule has 2 heterocycles. The molecule has 8 heteroatoms. The van der Waals surface area contributed by atoms with E-state index in [1.54, 1.807) is 19.3 Å². The van der Waals surface area contributed by atoms with Gasteiger partial charge in [-0.2, -0.15) is 0 Å². The molecule has 0 unspecified atom stereocenters.